The maximum Gasteiger partial charge on any atom is 0.275 e. The molecule has 0 saturated heterocycles. The first-order valence-electron chi connectivity index (χ1n) is 5.70. The van der Waals surface area contributed by atoms with Crippen LogP contribution in [-0.4, -0.2) is 25.4 Å². The van der Waals surface area contributed by atoms with Crippen LogP contribution < -0.4 is 17.0 Å². The van der Waals surface area contributed by atoms with Crippen LogP contribution in [0, 0.1) is 0 Å². The van der Waals surface area contributed by atoms with Gasteiger partial charge in [-0.05, 0) is 12.1 Å². The summed E-state index contributed by atoms with van der Waals surface area (Å²) in [7, 11) is 0. The molecule has 3 heterocycles. The van der Waals surface area contributed by atoms with Crippen molar-refractivity contribution in [3.05, 3.63) is 34.5 Å². The predicted octanol–water partition coefficient (Wildman–Crippen LogP) is 0.122. The molecule has 9 heteroatoms. The fraction of sp³-hybridized carbons (Fsp3) is 0.0909. The number of aromatic nitrogens is 4. The lowest BCUT2D eigenvalue weighted by molar-refractivity contribution is 0.0957. The van der Waals surface area contributed by atoms with E-state index >= 15 is 0 Å². The third kappa shape index (κ3) is 2.08. The molecular weight excluding hydrogens is 278 g/mol. The van der Waals surface area contributed by atoms with Gasteiger partial charge in [-0.15, -0.1) is 11.3 Å². The number of amides is 1. The molecule has 5 N–H and O–H groups in total. The smallest absolute Gasteiger partial charge is 0.275 e. The first-order chi connectivity index (χ1) is 9.69. The van der Waals surface area contributed by atoms with Gasteiger partial charge in [-0.1, -0.05) is 0 Å². The molecule has 0 fully saturated rings. The number of hydrogen-bond acceptors (Lipinski definition) is 7. The number of nitrogens with one attached hydrogen (secondary N) is 1. The molecule has 0 aliphatic rings. The average molecular weight is 289 g/mol. The van der Waals surface area contributed by atoms with E-state index in [9.17, 15) is 4.79 Å². The molecule has 0 aliphatic heterocycles. The molecule has 3 aromatic rings. The lowest BCUT2D eigenvalue weighted by Crippen LogP contribution is -2.29. The van der Waals surface area contributed by atoms with E-state index in [1.54, 1.807) is 12.4 Å². The highest BCUT2D eigenvalue weighted by atomic mass is 32.1. The second-order valence-corrected chi connectivity index (χ2v) is 5.21. The first-order valence-corrected chi connectivity index (χ1v) is 6.51. The van der Waals surface area contributed by atoms with E-state index in [0.717, 1.165) is 4.88 Å². The second kappa shape index (κ2) is 4.87. The van der Waals surface area contributed by atoms with E-state index in [0.29, 0.717) is 28.4 Å². The van der Waals surface area contributed by atoms with Crippen molar-refractivity contribution in [2.75, 3.05) is 5.73 Å². The lowest BCUT2D eigenvalue weighted by Gasteiger charge is -2.01. The van der Waals surface area contributed by atoms with Crippen LogP contribution in [0.5, 0.6) is 0 Å². The van der Waals surface area contributed by atoms with Crippen LogP contribution in [0.1, 0.15) is 14.5 Å². The number of imidazole rings is 1. The number of nitrogens with zero attached hydrogens (tertiary/aromatic N) is 4. The van der Waals surface area contributed by atoms with E-state index in [1.165, 1.54) is 17.7 Å². The zero-order chi connectivity index (χ0) is 14.1. The number of hydrogen-bond donors (Lipinski definition) is 3. The summed E-state index contributed by atoms with van der Waals surface area (Å²) in [6.45, 7) is 0.551. The molecule has 0 aliphatic carbocycles. The molecule has 0 unspecified atom stereocenters. The van der Waals surface area contributed by atoms with Gasteiger partial charge in [0.2, 0.25) is 0 Å². The highest BCUT2D eigenvalue weighted by molar-refractivity contribution is 7.14. The van der Waals surface area contributed by atoms with E-state index in [-0.39, 0.29) is 5.91 Å². The minimum absolute atomic E-state index is 0.302. The van der Waals surface area contributed by atoms with E-state index < -0.39 is 0 Å². The largest absolute Gasteiger partial charge is 0.382 e. The molecule has 0 aromatic carbocycles. The minimum atomic E-state index is -0.302. The molecule has 8 nitrogen and oxygen atoms in total. The van der Waals surface area contributed by atoms with E-state index in [1.807, 2.05) is 10.6 Å². The van der Waals surface area contributed by atoms with Gasteiger partial charge in [0.1, 0.15) is 11.8 Å². The fourth-order valence-corrected chi connectivity index (χ4v) is 2.75. The van der Waals surface area contributed by atoms with Gasteiger partial charge in [0, 0.05) is 4.88 Å². The van der Waals surface area contributed by atoms with Crippen molar-refractivity contribution in [2.45, 2.75) is 6.54 Å². The Morgan fingerprint density at radius 1 is 1.35 bits per heavy atom. The zero-order valence-electron chi connectivity index (χ0n) is 10.3. The molecule has 1 amide bonds. The number of rotatable bonds is 3. The number of carbonyl (C=O) groups excluding carboxylic acids is 1. The maximum absolute atomic E-state index is 11.4. The van der Waals surface area contributed by atoms with Gasteiger partial charge in [-0.3, -0.25) is 10.2 Å². The Morgan fingerprint density at radius 2 is 2.20 bits per heavy atom. The van der Waals surface area contributed by atoms with Crippen LogP contribution in [0.25, 0.3) is 11.2 Å². The quantitative estimate of drug-likeness (QED) is 0.357. The van der Waals surface area contributed by atoms with Crippen molar-refractivity contribution in [3.8, 4) is 0 Å². The highest BCUT2D eigenvalue weighted by Crippen LogP contribution is 2.20. The second-order valence-electron chi connectivity index (χ2n) is 4.04. The van der Waals surface area contributed by atoms with Crippen LogP contribution in [0.2, 0.25) is 0 Å². The van der Waals surface area contributed by atoms with Crippen LogP contribution in [-0.2, 0) is 6.54 Å². The molecule has 0 saturated carbocycles. The highest BCUT2D eigenvalue weighted by Gasteiger charge is 2.11. The van der Waals surface area contributed by atoms with Gasteiger partial charge in [0.05, 0.1) is 17.7 Å². The van der Waals surface area contributed by atoms with Crippen molar-refractivity contribution in [3.63, 3.8) is 0 Å². The van der Waals surface area contributed by atoms with Gasteiger partial charge in [0.15, 0.2) is 11.5 Å². The summed E-state index contributed by atoms with van der Waals surface area (Å²) >= 11 is 1.36. The molecule has 20 heavy (non-hydrogen) atoms. The number of fused-ring (bicyclic) bond motifs is 1. The van der Waals surface area contributed by atoms with Gasteiger partial charge in [-0.25, -0.2) is 20.8 Å². The number of nitrogen functional groups attached to an aromatic ring is 2. The third-order valence-corrected chi connectivity index (χ3v) is 3.84. The molecular formula is C11H11N7OS. The number of carbonyl (C=O) groups is 1. The summed E-state index contributed by atoms with van der Waals surface area (Å²) in [6.07, 6.45) is 3.05. The van der Waals surface area contributed by atoms with Gasteiger partial charge in [-0.2, -0.15) is 0 Å². The number of thiophene rings is 1. The zero-order valence-corrected chi connectivity index (χ0v) is 11.1. The summed E-state index contributed by atoms with van der Waals surface area (Å²) in [6, 6.07) is 3.59. The summed E-state index contributed by atoms with van der Waals surface area (Å²) in [5, 5.41) is 0. The number of hydrazine groups is 1. The monoisotopic (exact) mass is 289 g/mol. The third-order valence-electron chi connectivity index (χ3n) is 2.77. The van der Waals surface area contributed by atoms with Crippen molar-refractivity contribution in [2.24, 2.45) is 5.84 Å². The van der Waals surface area contributed by atoms with Gasteiger partial charge >= 0.3 is 0 Å². The Hall–Kier alpha value is -2.52. The van der Waals surface area contributed by atoms with Gasteiger partial charge < -0.3 is 10.3 Å². The summed E-state index contributed by atoms with van der Waals surface area (Å²) in [5.74, 6) is 5.15. The lowest BCUT2D eigenvalue weighted by atomic mass is 10.4. The number of anilines is 1. The molecule has 3 aromatic heterocycles. The van der Waals surface area contributed by atoms with Crippen LogP contribution in [0.15, 0.2) is 24.8 Å². The van der Waals surface area contributed by atoms with Crippen LogP contribution >= 0.6 is 11.3 Å². The minimum Gasteiger partial charge on any atom is -0.382 e. The Kier molecular flexibility index (Phi) is 3.05. The predicted molar refractivity (Wildman–Crippen MR) is 74.8 cm³/mol. The Balaban J connectivity index is 1.92. The molecule has 0 spiro atoms. The molecule has 0 radical (unpaired) electrons. The average Bonchev–Trinajstić information content (AvgIpc) is 3.07. The van der Waals surface area contributed by atoms with Crippen molar-refractivity contribution < 1.29 is 4.79 Å². The summed E-state index contributed by atoms with van der Waals surface area (Å²) in [5.41, 5.74) is 9.08. The fourth-order valence-electron chi connectivity index (χ4n) is 1.84. The van der Waals surface area contributed by atoms with Crippen molar-refractivity contribution in [1.29, 1.82) is 0 Å². The SMILES string of the molecule is NNC(=O)c1ccc(Cn2cnc3c(N)ncnc32)s1. The molecule has 102 valence electrons. The van der Waals surface area contributed by atoms with Crippen molar-refractivity contribution in [1.82, 2.24) is 24.9 Å². The Labute approximate surface area is 117 Å². The standard InChI is InChI=1S/C11H11N7OS/c12-9-8-10(15-4-14-9)18(5-16-8)3-6-1-2-7(20-6)11(19)17-13/h1-2,4-5H,3,13H2,(H,17,19)(H2,12,14,15). The van der Waals surface area contributed by atoms with Gasteiger partial charge in [0.25, 0.3) is 5.91 Å². The summed E-state index contributed by atoms with van der Waals surface area (Å²) < 4.78 is 1.85. The summed E-state index contributed by atoms with van der Waals surface area (Å²) in [4.78, 5) is 25.2. The van der Waals surface area contributed by atoms with Crippen LogP contribution in [0.4, 0.5) is 5.82 Å². The molecule has 0 atom stereocenters. The first kappa shape index (κ1) is 12.5. The van der Waals surface area contributed by atoms with Crippen molar-refractivity contribution >= 4 is 34.2 Å². The Morgan fingerprint density at radius 3 is 3.00 bits per heavy atom. The van der Waals surface area contributed by atoms with E-state index in [4.69, 9.17) is 11.6 Å². The molecule has 0 bridgehead atoms. The maximum atomic E-state index is 11.4. The molecule has 3 rings (SSSR count). The normalized spacial score (nSPS) is 10.8. The van der Waals surface area contributed by atoms with Crippen LogP contribution in [0.3, 0.4) is 0 Å². The van der Waals surface area contributed by atoms with E-state index in [2.05, 4.69) is 20.4 Å². The Bertz CT molecular complexity index is 778. The number of nitrogens with two attached hydrogens (primary N) is 2. The topological polar surface area (TPSA) is 125 Å².